The molecule has 0 spiro atoms. The monoisotopic (exact) mass is 409 g/mol. The molecule has 0 saturated heterocycles. The third-order valence-corrected chi connectivity index (χ3v) is 5.84. The fourth-order valence-corrected chi connectivity index (χ4v) is 4.32. The van der Waals surface area contributed by atoms with Gasteiger partial charge in [-0.3, -0.25) is 0 Å². The molecule has 0 radical (unpaired) electrons. The van der Waals surface area contributed by atoms with E-state index in [1.807, 2.05) is 78.9 Å². The predicted molar refractivity (Wildman–Crippen MR) is 128 cm³/mol. The van der Waals surface area contributed by atoms with E-state index >= 15 is 0 Å². The number of benzene rings is 4. The van der Waals surface area contributed by atoms with Crippen molar-refractivity contribution < 1.29 is 0 Å². The Balaban J connectivity index is 1.79. The van der Waals surface area contributed by atoms with Crippen LogP contribution >= 0.6 is 0 Å². The van der Waals surface area contributed by atoms with E-state index in [0.717, 1.165) is 38.9 Å². The molecule has 0 atom stereocenters. The zero-order chi connectivity index (χ0) is 21.9. The van der Waals surface area contributed by atoms with Gasteiger partial charge in [-0.1, -0.05) is 103 Å². The number of nitriles is 2. The fraction of sp³-hybridized carbons (Fsp3) is 0.0345. The van der Waals surface area contributed by atoms with Crippen molar-refractivity contribution in [2.75, 3.05) is 0 Å². The molecule has 150 valence electrons. The molecule has 0 aromatic heterocycles. The second-order valence-corrected chi connectivity index (χ2v) is 7.70. The van der Waals surface area contributed by atoms with E-state index in [-0.39, 0.29) is 0 Å². The molecule has 3 heteroatoms. The third-order valence-electron chi connectivity index (χ3n) is 5.84. The third kappa shape index (κ3) is 3.33. The second-order valence-electron chi connectivity index (χ2n) is 7.70. The number of allylic oxidation sites excluding steroid dienone is 2. The molecule has 1 N–H and O–H groups in total. The van der Waals surface area contributed by atoms with Crippen molar-refractivity contribution in [2.45, 2.75) is 5.92 Å². The maximum atomic E-state index is 10.3. The van der Waals surface area contributed by atoms with Gasteiger partial charge in [0.2, 0.25) is 0 Å². The zero-order valence-corrected chi connectivity index (χ0v) is 17.3. The largest absolute Gasteiger partial charge is 0.353 e. The summed E-state index contributed by atoms with van der Waals surface area (Å²) in [4.78, 5) is 0. The lowest BCUT2D eigenvalue weighted by Crippen LogP contribution is -2.24. The van der Waals surface area contributed by atoms with E-state index in [4.69, 9.17) is 0 Å². The van der Waals surface area contributed by atoms with Crippen LogP contribution in [-0.4, -0.2) is 0 Å². The summed E-state index contributed by atoms with van der Waals surface area (Å²) in [5, 5.41) is 26.2. The predicted octanol–water partition coefficient (Wildman–Crippen LogP) is 6.40. The van der Waals surface area contributed by atoms with Crippen LogP contribution in [0, 0.1) is 22.7 Å². The molecule has 0 fully saturated rings. The molecule has 0 unspecified atom stereocenters. The lowest BCUT2D eigenvalue weighted by atomic mass is 9.79. The SMILES string of the molecule is N#CC1=C(c2ccccc2)NC(c2ccccc2)=C(C#N)C1c1ccc2ccccc2c1. The second kappa shape index (κ2) is 8.26. The standard InChI is InChI=1S/C29H19N3/c30-18-25-27(24-16-15-20-9-7-8-14-23(20)17-24)26(19-31)29(22-12-5-2-6-13-22)32-28(25)21-10-3-1-4-11-21/h1-17,27,32H. The quantitative estimate of drug-likeness (QED) is 0.426. The Hall–Kier alpha value is -4.60. The summed E-state index contributed by atoms with van der Waals surface area (Å²) in [5.74, 6) is -0.457. The van der Waals surface area contributed by atoms with Crippen molar-refractivity contribution >= 4 is 22.2 Å². The van der Waals surface area contributed by atoms with Gasteiger partial charge < -0.3 is 5.32 Å². The Bertz CT molecular complexity index is 1380. The van der Waals surface area contributed by atoms with Crippen LogP contribution in [0.15, 0.2) is 114 Å². The minimum absolute atomic E-state index is 0.457. The summed E-state index contributed by atoms with van der Waals surface area (Å²) in [6.45, 7) is 0. The van der Waals surface area contributed by atoms with Gasteiger partial charge in [-0.15, -0.1) is 0 Å². The molecule has 0 amide bonds. The maximum absolute atomic E-state index is 10.3. The minimum atomic E-state index is -0.457. The van der Waals surface area contributed by atoms with E-state index in [0.29, 0.717) is 11.1 Å². The van der Waals surface area contributed by atoms with Crippen LogP contribution in [0.3, 0.4) is 0 Å². The molecule has 0 bridgehead atoms. The van der Waals surface area contributed by atoms with E-state index < -0.39 is 5.92 Å². The van der Waals surface area contributed by atoms with Gasteiger partial charge in [-0.05, 0) is 27.5 Å². The van der Waals surface area contributed by atoms with Crippen molar-refractivity contribution in [3.8, 4) is 12.1 Å². The van der Waals surface area contributed by atoms with Gasteiger partial charge in [0.05, 0.1) is 40.6 Å². The van der Waals surface area contributed by atoms with Crippen molar-refractivity contribution in [1.82, 2.24) is 5.32 Å². The Morgan fingerprint density at radius 1 is 0.562 bits per heavy atom. The number of hydrogen-bond donors (Lipinski definition) is 1. The normalized spacial score (nSPS) is 14.1. The zero-order valence-electron chi connectivity index (χ0n) is 17.3. The van der Waals surface area contributed by atoms with Crippen molar-refractivity contribution in [3.63, 3.8) is 0 Å². The summed E-state index contributed by atoms with van der Waals surface area (Å²) in [6.07, 6.45) is 0. The maximum Gasteiger partial charge on any atom is 0.0979 e. The average Bonchev–Trinajstić information content (AvgIpc) is 2.88. The molecular weight excluding hydrogens is 390 g/mol. The molecular formula is C29H19N3. The van der Waals surface area contributed by atoms with Crippen LogP contribution in [0.25, 0.3) is 22.2 Å². The Morgan fingerprint density at radius 3 is 1.59 bits per heavy atom. The molecule has 0 aliphatic carbocycles. The smallest absolute Gasteiger partial charge is 0.0979 e. The summed E-state index contributed by atoms with van der Waals surface area (Å²) in [5.41, 5.74) is 5.33. The van der Waals surface area contributed by atoms with Crippen LogP contribution in [0.4, 0.5) is 0 Å². The van der Waals surface area contributed by atoms with Crippen LogP contribution in [0.5, 0.6) is 0 Å². The topological polar surface area (TPSA) is 59.6 Å². The summed E-state index contributed by atoms with van der Waals surface area (Å²) in [7, 11) is 0. The molecule has 1 aliphatic heterocycles. The van der Waals surface area contributed by atoms with Gasteiger partial charge in [0.25, 0.3) is 0 Å². The van der Waals surface area contributed by atoms with Gasteiger partial charge in [0.15, 0.2) is 0 Å². The molecule has 1 heterocycles. The first-order chi connectivity index (χ1) is 15.8. The molecule has 32 heavy (non-hydrogen) atoms. The highest BCUT2D eigenvalue weighted by Crippen LogP contribution is 2.43. The number of nitrogens with zero attached hydrogens (tertiary/aromatic N) is 2. The summed E-state index contributed by atoms with van der Waals surface area (Å²) in [6, 6.07) is 38.8. The minimum Gasteiger partial charge on any atom is -0.353 e. The molecule has 3 nitrogen and oxygen atoms in total. The van der Waals surface area contributed by atoms with E-state index in [1.165, 1.54) is 0 Å². The van der Waals surface area contributed by atoms with Crippen LogP contribution in [0.1, 0.15) is 22.6 Å². The Labute approximate surface area is 187 Å². The van der Waals surface area contributed by atoms with Gasteiger partial charge in [-0.25, -0.2) is 0 Å². The Kier molecular flexibility index (Phi) is 5.00. The first-order valence-corrected chi connectivity index (χ1v) is 10.4. The molecule has 4 aromatic rings. The molecule has 4 aromatic carbocycles. The van der Waals surface area contributed by atoms with Gasteiger partial charge in [0.1, 0.15) is 0 Å². The van der Waals surface area contributed by atoms with E-state index in [9.17, 15) is 10.5 Å². The van der Waals surface area contributed by atoms with Crippen molar-refractivity contribution in [1.29, 1.82) is 10.5 Å². The highest BCUT2D eigenvalue weighted by atomic mass is 14.9. The highest BCUT2D eigenvalue weighted by Gasteiger charge is 2.33. The fourth-order valence-electron chi connectivity index (χ4n) is 4.32. The number of nitrogens with one attached hydrogen (secondary N) is 1. The first-order valence-electron chi connectivity index (χ1n) is 10.4. The van der Waals surface area contributed by atoms with E-state index in [1.54, 1.807) is 0 Å². The highest BCUT2D eigenvalue weighted by molar-refractivity contribution is 5.90. The van der Waals surface area contributed by atoms with Gasteiger partial charge in [0, 0.05) is 0 Å². The van der Waals surface area contributed by atoms with E-state index in [2.05, 4.69) is 41.7 Å². The van der Waals surface area contributed by atoms with Gasteiger partial charge >= 0.3 is 0 Å². The summed E-state index contributed by atoms with van der Waals surface area (Å²) >= 11 is 0. The van der Waals surface area contributed by atoms with Crippen molar-refractivity contribution in [3.05, 3.63) is 131 Å². The van der Waals surface area contributed by atoms with Crippen LogP contribution < -0.4 is 5.32 Å². The van der Waals surface area contributed by atoms with Crippen LogP contribution in [-0.2, 0) is 0 Å². The molecule has 1 aliphatic rings. The van der Waals surface area contributed by atoms with Gasteiger partial charge in [-0.2, -0.15) is 10.5 Å². The number of rotatable bonds is 3. The Morgan fingerprint density at radius 2 is 1.06 bits per heavy atom. The van der Waals surface area contributed by atoms with Crippen LogP contribution in [0.2, 0.25) is 0 Å². The first kappa shape index (κ1) is 19.4. The number of fused-ring (bicyclic) bond motifs is 1. The van der Waals surface area contributed by atoms with Crippen molar-refractivity contribution in [2.24, 2.45) is 0 Å². The molecule has 0 saturated carbocycles. The number of dihydropyridines is 1. The lowest BCUT2D eigenvalue weighted by Gasteiger charge is -2.29. The molecule has 5 rings (SSSR count). The lowest BCUT2D eigenvalue weighted by molar-refractivity contribution is 0.939. The number of hydrogen-bond acceptors (Lipinski definition) is 3. The average molecular weight is 409 g/mol. The summed E-state index contributed by atoms with van der Waals surface area (Å²) < 4.78 is 0.